The quantitative estimate of drug-likeness (QED) is 0.506. The van der Waals surface area contributed by atoms with Gasteiger partial charge in [-0.3, -0.25) is 5.43 Å². The molecule has 2 aromatic rings. The van der Waals surface area contributed by atoms with E-state index in [9.17, 15) is 0 Å². The van der Waals surface area contributed by atoms with Crippen LogP contribution < -0.4 is 10.7 Å². The smallest absolute Gasteiger partial charge is 0.186 e. The average molecular weight is 297 g/mol. The van der Waals surface area contributed by atoms with E-state index in [1.165, 1.54) is 5.56 Å². The van der Waals surface area contributed by atoms with Gasteiger partial charge in [-0.1, -0.05) is 60.7 Å². The minimum atomic E-state index is 0.543. The number of rotatable bonds is 5. The second-order valence-corrected chi connectivity index (χ2v) is 5.07. The lowest BCUT2D eigenvalue weighted by Crippen LogP contribution is -2.33. The number of hydrazone groups is 1. The van der Waals surface area contributed by atoms with Crippen LogP contribution in [-0.2, 0) is 6.42 Å². The number of nitrogens with one attached hydrogen (secondary N) is 2. The van der Waals surface area contributed by atoms with Crippen molar-refractivity contribution < 1.29 is 0 Å². The Kier molecular flexibility index (Phi) is 5.91. The Hall–Kier alpha value is -2.20. The number of hydrogen-bond donors (Lipinski definition) is 2. The van der Waals surface area contributed by atoms with Crippen molar-refractivity contribution in [1.82, 2.24) is 10.7 Å². The van der Waals surface area contributed by atoms with Crippen molar-refractivity contribution in [3.63, 3.8) is 0 Å². The number of nitrogens with zero attached hydrogens (tertiary/aromatic N) is 1. The Morgan fingerprint density at radius 1 is 1.00 bits per heavy atom. The van der Waals surface area contributed by atoms with E-state index in [4.69, 9.17) is 12.2 Å². The molecule has 0 saturated carbocycles. The maximum absolute atomic E-state index is 5.21. The second-order valence-electron chi connectivity index (χ2n) is 4.67. The van der Waals surface area contributed by atoms with Crippen molar-refractivity contribution in [3.8, 4) is 0 Å². The molecule has 4 heteroatoms. The van der Waals surface area contributed by atoms with Crippen LogP contribution >= 0.6 is 12.2 Å². The summed E-state index contributed by atoms with van der Waals surface area (Å²) in [5.74, 6) is 0. The zero-order valence-corrected chi connectivity index (χ0v) is 12.9. The molecule has 2 aromatic carbocycles. The molecular formula is C17H19N3S. The highest BCUT2D eigenvalue weighted by Crippen LogP contribution is 2.00. The van der Waals surface area contributed by atoms with Gasteiger partial charge in [0.25, 0.3) is 0 Å². The van der Waals surface area contributed by atoms with Crippen molar-refractivity contribution in [2.75, 3.05) is 6.54 Å². The minimum Gasteiger partial charge on any atom is -0.361 e. The molecule has 0 atom stereocenters. The predicted molar refractivity (Wildman–Crippen MR) is 92.5 cm³/mol. The molecule has 0 aromatic heterocycles. The summed E-state index contributed by atoms with van der Waals surface area (Å²) in [6.07, 6.45) is 0.935. The maximum Gasteiger partial charge on any atom is 0.186 e. The van der Waals surface area contributed by atoms with E-state index in [-0.39, 0.29) is 0 Å². The third-order valence-corrected chi connectivity index (χ3v) is 3.29. The largest absolute Gasteiger partial charge is 0.361 e. The lowest BCUT2D eigenvalue weighted by Gasteiger charge is -2.08. The van der Waals surface area contributed by atoms with Gasteiger partial charge in [0.05, 0.1) is 5.71 Å². The summed E-state index contributed by atoms with van der Waals surface area (Å²) in [6.45, 7) is 2.74. The van der Waals surface area contributed by atoms with Crippen molar-refractivity contribution in [3.05, 3.63) is 71.8 Å². The second kappa shape index (κ2) is 8.17. The Bertz CT molecular complexity index is 594. The van der Waals surface area contributed by atoms with E-state index in [0.29, 0.717) is 5.11 Å². The number of thiocarbonyl (C=S) groups is 1. The molecule has 3 nitrogen and oxygen atoms in total. The number of hydrogen-bond acceptors (Lipinski definition) is 2. The molecule has 0 heterocycles. The van der Waals surface area contributed by atoms with Gasteiger partial charge in [0.15, 0.2) is 5.11 Å². The van der Waals surface area contributed by atoms with Gasteiger partial charge in [0.1, 0.15) is 0 Å². The third-order valence-electron chi connectivity index (χ3n) is 3.06. The van der Waals surface area contributed by atoms with Crippen LogP contribution in [0.5, 0.6) is 0 Å². The van der Waals surface area contributed by atoms with E-state index in [1.807, 2.05) is 55.5 Å². The first kappa shape index (κ1) is 15.2. The van der Waals surface area contributed by atoms with Gasteiger partial charge < -0.3 is 5.32 Å². The number of benzene rings is 2. The molecule has 2 N–H and O–H groups in total. The van der Waals surface area contributed by atoms with E-state index >= 15 is 0 Å². The zero-order chi connectivity index (χ0) is 14.9. The molecule has 0 bridgehead atoms. The highest BCUT2D eigenvalue weighted by Gasteiger charge is 1.97. The van der Waals surface area contributed by atoms with Gasteiger partial charge in [0.2, 0.25) is 0 Å². The van der Waals surface area contributed by atoms with Crippen LogP contribution in [0.25, 0.3) is 0 Å². The zero-order valence-electron chi connectivity index (χ0n) is 12.0. The highest BCUT2D eigenvalue weighted by molar-refractivity contribution is 7.80. The molecule has 0 unspecified atom stereocenters. The molecule has 0 fully saturated rings. The summed E-state index contributed by atoms with van der Waals surface area (Å²) in [4.78, 5) is 0. The average Bonchev–Trinajstić information content (AvgIpc) is 2.54. The van der Waals surface area contributed by atoms with Crippen LogP contribution in [0.1, 0.15) is 18.1 Å². The fraction of sp³-hybridized carbons (Fsp3) is 0.176. The van der Waals surface area contributed by atoms with Crippen molar-refractivity contribution >= 4 is 23.0 Å². The molecule has 0 aliphatic carbocycles. The summed E-state index contributed by atoms with van der Waals surface area (Å²) in [6, 6.07) is 20.3. The first-order valence-electron chi connectivity index (χ1n) is 6.93. The lowest BCUT2D eigenvalue weighted by molar-refractivity contribution is 0.836. The van der Waals surface area contributed by atoms with Gasteiger partial charge in [0, 0.05) is 6.54 Å². The van der Waals surface area contributed by atoms with Gasteiger partial charge in [-0.2, -0.15) is 5.10 Å². The van der Waals surface area contributed by atoms with Gasteiger partial charge in [-0.15, -0.1) is 0 Å². The van der Waals surface area contributed by atoms with Crippen molar-refractivity contribution in [2.24, 2.45) is 5.10 Å². The summed E-state index contributed by atoms with van der Waals surface area (Å²) in [7, 11) is 0. The molecule has 108 valence electrons. The van der Waals surface area contributed by atoms with Gasteiger partial charge in [-0.25, -0.2) is 0 Å². The van der Waals surface area contributed by atoms with Crippen molar-refractivity contribution in [1.29, 1.82) is 0 Å². The molecule has 0 amide bonds. The highest BCUT2D eigenvalue weighted by atomic mass is 32.1. The first-order valence-corrected chi connectivity index (χ1v) is 7.34. The Morgan fingerprint density at radius 3 is 2.29 bits per heavy atom. The topological polar surface area (TPSA) is 36.4 Å². The summed E-state index contributed by atoms with van der Waals surface area (Å²) < 4.78 is 0. The first-order chi connectivity index (χ1) is 10.3. The van der Waals surface area contributed by atoms with Crippen LogP contribution in [0.3, 0.4) is 0 Å². The van der Waals surface area contributed by atoms with E-state index in [0.717, 1.165) is 24.2 Å². The normalized spacial score (nSPS) is 11.0. The van der Waals surface area contributed by atoms with Gasteiger partial charge in [-0.05, 0) is 36.7 Å². The van der Waals surface area contributed by atoms with Crippen LogP contribution in [0.4, 0.5) is 0 Å². The predicted octanol–water partition coefficient (Wildman–Crippen LogP) is 3.12. The Balaban J connectivity index is 1.75. The van der Waals surface area contributed by atoms with Gasteiger partial charge >= 0.3 is 0 Å². The molecule has 0 saturated heterocycles. The maximum atomic E-state index is 5.21. The third kappa shape index (κ3) is 5.36. The molecule has 0 aliphatic rings. The van der Waals surface area contributed by atoms with E-state index in [1.54, 1.807) is 0 Å². The minimum absolute atomic E-state index is 0.543. The molecule has 2 rings (SSSR count). The molecule has 21 heavy (non-hydrogen) atoms. The monoisotopic (exact) mass is 297 g/mol. The Morgan fingerprint density at radius 2 is 1.62 bits per heavy atom. The van der Waals surface area contributed by atoms with Crippen LogP contribution in [0.2, 0.25) is 0 Å². The van der Waals surface area contributed by atoms with Crippen LogP contribution in [0.15, 0.2) is 65.8 Å². The SMILES string of the molecule is CC(=NNC(=S)NCCc1ccccc1)c1ccccc1. The molecule has 0 aliphatic heterocycles. The van der Waals surface area contributed by atoms with Crippen LogP contribution in [-0.4, -0.2) is 17.4 Å². The van der Waals surface area contributed by atoms with Crippen molar-refractivity contribution in [2.45, 2.75) is 13.3 Å². The molecular weight excluding hydrogens is 278 g/mol. The summed E-state index contributed by atoms with van der Waals surface area (Å²) in [5, 5.41) is 7.98. The Labute approximate surface area is 131 Å². The standard InChI is InChI=1S/C17H19N3S/c1-14(16-10-6-3-7-11-16)19-20-17(21)18-13-12-15-8-4-2-5-9-15/h2-11H,12-13H2,1H3,(H2,18,20,21). The molecule has 0 spiro atoms. The fourth-order valence-corrected chi connectivity index (χ4v) is 2.03. The summed E-state index contributed by atoms with van der Waals surface area (Å²) >= 11 is 5.21. The molecule has 0 radical (unpaired) electrons. The van der Waals surface area contributed by atoms with E-state index < -0.39 is 0 Å². The van der Waals surface area contributed by atoms with E-state index in [2.05, 4.69) is 28.0 Å². The van der Waals surface area contributed by atoms with Crippen LogP contribution in [0, 0.1) is 0 Å². The summed E-state index contributed by atoms with van der Waals surface area (Å²) in [5.41, 5.74) is 6.15. The fourth-order valence-electron chi connectivity index (χ4n) is 1.88. The lowest BCUT2D eigenvalue weighted by atomic mass is 10.1.